The molecular weight excluding hydrogens is 400 g/mol. The van der Waals surface area contributed by atoms with E-state index >= 15 is 0 Å². The average Bonchev–Trinajstić information content (AvgIpc) is 2.75. The highest BCUT2D eigenvalue weighted by Gasteiger charge is 2.30. The first kappa shape index (κ1) is 21.8. The maximum Gasteiger partial charge on any atom is 0.269 e. The van der Waals surface area contributed by atoms with E-state index in [-0.39, 0.29) is 5.91 Å². The summed E-state index contributed by atoms with van der Waals surface area (Å²) in [5.41, 5.74) is 1.54. The summed E-state index contributed by atoms with van der Waals surface area (Å²) < 4.78 is 6.46. The molecule has 30 heavy (non-hydrogen) atoms. The van der Waals surface area contributed by atoms with Crippen LogP contribution in [-0.2, 0) is 4.74 Å². The summed E-state index contributed by atoms with van der Waals surface area (Å²) in [5.74, 6) is 0.411. The van der Waals surface area contributed by atoms with E-state index in [1.54, 1.807) is 0 Å². The van der Waals surface area contributed by atoms with Crippen molar-refractivity contribution < 1.29 is 9.53 Å². The van der Waals surface area contributed by atoms with Gasteiger partial charge in [0.2, 0.25) is 0 Å². The molecule has 0 atom stereocenters. The molecule has 3 fully saturated rings. The van der Waals surface area contributed by atoms with Crippen LogP contribution in [-0.4, -0.2) is 72.6 Å². The summed E-state index contributed by atoms with van der Waals surface area (Å²) in [6.07, 6.45) is 12.1. The van der Waals surface area contributed by atoms with Crippen LogP contribution < -0.4 is 10.2 Å². The summed E-state index contributed by atoms with van der Waals surface area (Å²) >= 11 is 5.64. The van der Waals surface area contributed by atoms with Gasteiger partial charge in [0.1, 0.15) is 5.69 Å². The molecule has 166 valence electrons. The number of amides is 1. The van der Waals surface area contributed by atoms with Crippen molar-refractivity contribution in [1.82, 2.24) is 15.2 Å². The molecule has 4 rings (SSSR count). The number of carbonyl (C=O) groups is 1. The highest BCUT2D eigenvalue weighted by atomic mass is 35.5. The van der Waals surface area contributed by atoms with Crippen molar-refractivity contribution in [3.05, 3.63) is 24.0 Å². The Morgan fingerprint density at radius 2 is 1.77 bits per heavy atom. The zero-order valence-electron chi connectivity index (χ0n) is 17.9. The van der Waals surface area contributed by atoms with Crippen LogP contribution in [0.25, 0.3) is 0 Å². The van der Waals surface area contributed by atoms with Gasteiger partial charge in [0.15, 0.2) is 0 Å². The van der Waals surface area contributed by atoms with Gasteiger partial charge >= 0.3 is 0 Å². The number of ether oxygens (including phenoxy) is 1. The van der Waals surface area contributed by atoms with E-state index in [2.05, 4.69) is 20.1 Å². The molecule has 1 amide bonds. The second kappa shape index (κ2) is 10.8. The molecular formula is C23H35ClN4O2. The molecule has 0 aromatic carbocycles. The largest absolute Gasteiger partial charge is 0.375 e. The van der Waals surface area contributed by atoms with Crippen LogP contribution >= 0.6 is 11.6 Å². The van der Waals surface area contributed by atoms with E-state index in [4.69, 9.17) is 16.3 Å². The normalized spacial score (nSPS) is 22.1. The van der Waals surface area contributed by atoms with Crippen LogP contribution in [0.15, 0.2) is 18.3 Å². The molecule has 0 unspecified atom stereocenters. The zero-order valence-corrected chi connectivity index (χ0v) is 18.7. The molecule has 1 aromatic heterocycles. The number of pyridine rings is 1. The van der Waals surface area contributed by atoms with Gasteiger partial charge in [-0.2, -0.15) is 0 Å². The first-order valence-corrected chi connectivity index (χ1v) is 12.2. The molecule has 0 radical (unpaired) electrons. The summed E-state index contributed by atoms with van der Waals surface area (Å²) in [5, 5.41) is 2.84. The van der Waals surface area contributed by atoms with Gasteiger partial charge in [0.05, 0.1) is 24.1 Å². The van der Waals surface area contributed by atoms with Gasteiger partial charge < -0.3 is 19.9 Å². The highest BCUT2D eigenvalue weighted by molar-refractivity contribution is 6.17. The van der Waals surface area contributed by atoms with Crippen molar-refractivity contribution >= 4 is 23.2 Å². The molecule has 2 saturated heterocycles. The number of nitrogens with zero attached hydrogens (tertiary/aromatic N) is 3. The van der Waals surface area contributed by atoms with Gasteiger partial charge in [-0.25, -0.2) is 4.98 Å². The molecule has 6 nitrogen and oxygen atoms in total. The molecule has 1 aliphatic carbocycles. The van der Waals surface area contributed by atoms with Gasteiger partial charge in [-0.15, -0.1) is 11.6 Å². The lowest BCUT2D eigenvalue weighted by molar-refractivity contribution is -0.0598. The van der Waals surface area contributed by atoms with Crippen molar-refractivity contribution in [3.63, 3.8) is 0 Å². The highest BCUT2D eigenvalue weighted by Crippen LogP contribution is 2.29. The van der Waals surface area contributed by atoms with E-state index in [0.29, 0.717) is 30.3 Å². The monoisotopic (exact) mass is 434 g/mol. The van der Waals surface area contributed by atoms with Crippen LogP contribution in [0, 0.1) is 0 Å². The third kappa shape index (κ3) is 5.65. The first-order chi connectivity index (χ1) is 14.7. The molecule has 2 aliphatic heterocycles. The van der Waals surface area contributed by atoms with E-state index in [1.165, 1.54) is 45.2 Å². The van der Waals surface area contributed by atoms with Crippen LogP contribution in [0.3, 0.4) is 0 Å². The number of likely N-dealkylation sites (tertiary alicyclic amines) is 1. The SMILES string of the molecule is O=C(NCCCCl)c1ccc(N2CCC(OC3CCN(C4CCC4)CC3)CC2)cn1. The minimum atomic E-state index is -0.137. The van der Waals surface area contributed by atoms with Crippen molar-refractivity contribution in [2.75, 3.05) is 43.5 Å². The number of rotatable bonds is 8. The van der Waals surface area contributed by atoms with Gasteiger partial charge in [-0.3, -0.25) is 4.79 Å². The van der Waals surface area contributed by atoms with Gasteiger partial charge in [-0.1, -0.05) is 6.42 Å². The molecule has 3 heterocycles. The van der Waals surface area contributed by atoms with E-state index in [1.807, 2.05) is 18.3 Å². The van der Waals surface area contributed by atoms with Crippen LogP contribution in [0.5, 0.6) is 0 Å². The Bertz CT molecular complexity index is 666. The average molecular weight is 435 g/mol. The molecule has 3 aliphatic rings. The third-order valence-corrected chi connectivity index (χ3v) is 7.10. The Morgan fingerprint density at radius 1 is 1.07 bits per heavy atom. The Balaban J connectivity index is 1.17. The lowest BCUT2D eigenvalue weighted by atomic mass is 9.89. The minimum Gasteiger partial charge on any atom is -0.375 e. The maximum absolute atomic E-state index is 12.1. The second-order valence-corrected chi connectivity index (χ2v) is 9.22. The number of alkyl halides is 1. The molecule has 7 heteroatoms. The fourth-order valence-corrected chi connectivity index (χ4v) is 4.85. The number of carbonyl (C=O) groups excluding carboxylic acids is 1. The maximum atomic E-state index is 12.1. The first-order valence-electron chi connectivity index (χ1n) is 11.7. The Labute approximate surface area is 185 Å². The van der Waals surface area contributed by atoms with Crippen molar-refractivity contribution in [2.45, 2.75) is 69.6 Å². The quantitative estimate of drug-likeness (QED) is 0.501. The molecule has 1 aromatic rings. The summed E-state index contributed by atoms with van der Waals surface area (Å²) in [6, 6.07) is 4.68. The smallest absolute Gasteiger partial charge is 0.269 e. The lowest BCUT2D eigenvalue weighted by Gasteiger charge is -2.43. The van der Waals surface area contributed by atoms with E-state index < -0.39 is 0 Å². The number of halogens is 1. The summed E-state index contributed by atoms with van der Waals surface area (Å²) in [6.45, 7) is 4.97. The van der Waals surface area contributed by atoms with Crippen molar-refractivity contribution in [2.24, 2.45) is 0 Å². The van der Waals surface area contributed by atoms with E-state index in [0.717, 1.165) is 44.1 Å². The zero-order chi connectivity index (χ0) is 20.8. The number of nitrogens with one attached hydrogen (secondary N) is 1. The standard InChI is InChI=1S/C23H35ClN4O2/c24-11-2-12-25-23(29)22-6-5-19(17-26-22)28-15-9-21(10-16-28)30-20-7-13-27(14-8-20)18-3-1-4-18/h5-6,17-18,20-21H,1-4,7-16H2,(H,25,29). The fraction of sp³-hybridized carbons (Fsp3) is 0.739. The predicted molar refractivity (Wildman–Crippen MR) is 120 cm³/mol. The van der Waals surface area contributed by atoms with Gasteiger partial charge in [-0.05, 0) is 57.1 Å². The topological polar surface area (TPSA) is 57.7 Å². The van der Waals surface area contributed by atoms with Crippen molar-refractivity contribution in [3.8, 4) is 0 Å². The van der Waals surface area contributed by atoms with Gasteiger partial charge in [0, 0.05) is 44.6 Å². The lowest BCUT2D eigenvalue weighted by Crippen LogP contribution is -2.47. The Morgan fingerprint density at radius 3 is 2.33 bits per heavy atom. The molecule has 1 saturated carbocycles. The predicted octanol–water partition coefficient (Wildman–Crippen LogP) is 3.44. The third-order valence-electron chi connectivity index (χ3n) is 6.84. The minimum absolute atomic E-state index is 0.137. The van der Waals surface area contributed by atoms with E-state index in [9.17, 15) is 4.79 Å². The van der Waals surface area contributed by atoms with Crippen LogP contribution in [0.4, 0.5) is 5.69 Å². The number of anilines is 1. The van der Waals surface area contributed by atoms with Crippen LogP contribution in [0.1, 0.15) is 61.9 Å². The number of hydrogen-bond acceptors (Lipinski definition) is 5. The fourth-order valence-electron chi connectivity index (χ4n) is 4.72. The number of aromatic nitrogens is 1. The molecule has 1 N–H and O–H groups in total. The van der Waals surface area contributed by atoms with Crippen molar-refractivity contribution in [1.29, 1.82) is 0 Å². The summed E-state index contributed by atoms with van der Waals surface area (Å²) in [7, 11) is 0. The Hall–Kier alpha value is -1.37. The molecule has 0 spiro atoms. The number of piperidine rings is 2. The molecule has 0 bridgehead atoms. The number of hydrogen-bond donors (Lipinski definition) is 1. The Kier molecular flexibility index (Phi) is 7.85. The van der Waals surface area contributed by atoms with Crippen LogP contribution in [0.2, 0.25) is 0 Å². The second-order valence-electron chi connectivity index (χ2n) is 8.84. The van der Waals surface area contributed by atoms with Gasteiger partial charge in [0.25, 0.3) is 5.91 Å². The summed E-state index contributed by atoms with van der Waals surface area (Å²) in [4.78, 5) is 21.5.